The Morgan fingerprint density at radius 1 is 1.07 bits per heavy atom. The summed E-state index contributed by atoms with van der Waals surface area (Å²) in [4.78, 5) is 40.1. The first-order valence-corrected chi connectivity index (χ1v) is 9.98. The third kappa shape index (κ3) is 5.17. The maximum atomic E-state index is 13.1. The molecule has 158 valence electrons. The van der Waals surface area contributed by atoms with E-state index in [0.29, 0.717) is 19.4 Å². The molecule has 2 aromatic rings. The number of nitrogens with zero attached hydrogens (tertiary/aromatic N) is 2. The summed E-state index contributed by atoms with van der Waals surface area (Å²) in [5.41, 5.74) is 1.69. The fraction of sp³-hybridized carbons (Fsp3) is 0.348. The van der Waals surface area contributed by atoms with Crippen molar-refractivity contribution < 1.29 is 24.2 Å². The Morgan fingerprint density at radius 2 is 1.67 bits per heavy atom. The summed E-state index contributed by atoms with van der Waals surface area (Å²) in [7, 11) is 1.48. The molecule has 1 aliphatic heterocycles. The largest absolute Gasteiger partial charge is 0.480 e. The van der Waals surface area contributed by atoms with E-state index in [1.807, 2.05) is 60.7 Å². The van der Waals surface area contributed by atoms with Crippen LogP contribution in [0.4, 0.5) is 4.79 Å². The number of carboxylic acid groups (broad SMARTS) is 1. The van der Waals surface area contributed by atoms with Gasteiger partial charge in [-0.3, -0.25) is 9.69 Å². The lowest BCUT2D eigenvalue weighted by Crippen LogP contribution is -2.52. The predicted molar refractivity (Wildman–Crippen MR) is 111 cm³/mol. The first-order chi connectivity index (χ1) is 14.5. The fourth-order valence-corrected chi connectivity index (χ4v) is 3.66. The number of hydrogen-bond acceptors (Lipinski definition) is 4. The van der Waals surface area contributed by atoms with Crippen LogP contribution in [-0.4, -0.2) is 58.6 Å². The lowest BCUT2D eigenvalue weighted by Gasteiger charge is -2.31. The summed E-state index contributed by atoms with van der Waals surface area (Å²) in [6.07, 6.45) is 0.796. The molecule has 30 heavy (non-hydrogen) atoms. The minimum absolute atomic E-state index is 0.124. The standard InChI is InChI=1S/C23H26N2O5/c1-24(20(22(27)28)15-17-9-4-2-5-10-17)21(26)19-13-8-14-25(19)23(29)30-16-18-11-6-3-7-12-18/h2-7,9-12,19-20H,8,13-16H2,1H3,(H,27,28)/t19-,20-/m0/s1. The zero-order valence-corrected chi connectivity index (χ0v) is 16.9. The zero-order valence-electron chi connectivity index (χ0n) is 16.9. The SMILES string of the molecule is CN(C(=O)[C@@H]1CCCN1C(=O)OCc1ccccc1)[C@@H](Cc1ccccc1)C(=O)O. The average Bonchev–Trinajstić information content (AvgIpc) is 3.26. The van der Waals surface area contributed by atoms with Crippen molar-refractivity contribution in [3.63, 3.8) is 0 Å². The lowest BCUT2D eigenvalue weighted by atomic mass is 10.0. The molecule has 1 saturated heterocycles. The minimum atomic E-state index is -1.08. The highest BCUT2D eigenvalue weighted by Gasteiger charge is 2.39. The van der Waals surface area contributed by atoms with Gasteiger partial charge in [-0.25, -0.2) is 9.59 Å². The Bertz CT molecular complexity index is 872. The van der Waals surface area contributed by atoms with Crippen LogP contribution in [0.5, 0.6) is 0 Å². The van der Waals surface area contributed by atoms with Gasteiger partial charge in [0.25, 0.3) is 0 Å². The third-order valence-electron chi connectivity index (χ3n) is 5.35. The third-order valence-corrected chi connectivity index (χ3v) is 5.35. The number of likely N-dealkylation sites (N-methyl/N-ethyl adjacent to an activating group) is 1. The first kappa shape index (κ1) is 21.4. The first-order valence-electron chi connectivity index (χ1n) is 9.98. The predicted octanol–water partition coefficient (Wildman–Crippen LogP) is 2.94. The number of rotatable bonds is 7. The molecule has 2 aromatic carbocycles. The molecule has 2 amide bonds. The second-order valence-corrected chi connectivity index (χ2v) is 7.38. The normalized spacial score (nSPS) is 16.7. The Hall–Kier alpha value is -3.35. The smallest absolute Gasteiger partial charge is 0.410 e. The van der Waals surface area contributed by atoms with Gasteiger partial charge >= 0.3 is 12.1 Å². The van der Waals surface area contributed by atoms with Gasteiger partial charge in [0.15, 0.2) is 0 Å². The second kappa shape index (κ2) is 9.91. The summed E-state index contributed by atoms with van der Waals surface area (Å²) in [5.74, 6) is -1.46. The van der Waals surface area contributed by atoms with Gasteiger partial charge in [-0.05, 0) is 24.0 Å². The van der Waals surface area contributed by atoms with Gasteiger partial charge < -0.3 is 14.7 Å². The molecular formula is C23H26N2O5. The van der Waals surface area contributed by atoms with Gasteiger partial charge in [-0.1, -0.05) is 60.7 Å². The number of ether oxygens (including phenoxy) is 1. The molecule has 0 aromatic heterocycles. The Morgan fingerprint density at radius 3 is 2.27 bits per heavy atom. The fourth-order valence-electron chi connectivity index (χ4n) is 3.66. The summed E-state index contributed by atoms with van der Waals surface area (Å²) < 4.78 is 5.38. The van der Waals surface area contributed by atoms with Crippen molar-refractivity contribution in [1.82, 2.24) is 9.80 Å². The van der Waals surface area contributed by atoms with Crippen LogP contribution >= 0.6 is 0 Å². The number of aliphatic carboxylic acids is 1. The van der Waals surface area contributed by atoms with Crippen molar-refractivity contribution in [2.75, 3.05) is 13.6 Å². The van der Waals surface area contributed by atoms with Crippen LogP contribution in [0.3, 0.4) is 0 Å². The van der Waals surface area contributed by atoms with E-state index in [9.17, 15) is 19.5 Å². The molecule has 1 fully saturated rings. The number of amides is 2. The molecular weight excluding hydrogens is 384 g/mol. The Balaban J connectivity index is 1.65. The molecule has 7 nitrogen and oxygen atoms in total. The van der Waals surface area contributed by atoms with E-state index in [-0.39, 0.29) is 18.9 Å². The second-order valence-electron chi connectivity index (χ2n) is 7.38. The summed E-state index contributed by atoms with van der Waals surface area (Å²) in [6.45, 7) is 0.535. The lowest BCUT2D eigenvalue weighted by molar-refractivity contribution is -0.150. The quantitative estimate of drug-likeness (QED) is 0.758. The molecule has 1 heterocycles. The van der Waals surface area contributed by atoms with Gasteiger partial charge in [-0.2, -0.15) is 0 Å². The van der Waals surface area contributed by atoms with Crippen LogP contribution in [0.2, 0.25) is 0 Å². The van der Waals surface area contributed by atoms with Gasteiger partial charge in [0.05, 0.1) is 0 Å². The van der Waals surface area contributed by atoms with Gasteiger partial charge in [0.2, 0.25) is 5.91 Å². The monoisotopic (exact) mass is 410 g/mol. The summed E-state index contributed by atoms with van der Waals surface area (Å²) >= 11 is 0. The van der Waals surface area contributed by atoms with Crippen LogP contribution in [0.1, 0.15) is 24.0 Å². The van der Waals surface area contributed by atoms with E-state index in [1.54, 1.807) is 0 Å². The van der Waals surface area contributed by atoms with E-state index >= 15 is 0 Å². The highest BCUT2D eigenvalue weighted by Crippen LogP contribution is 2.22. The average molecular weight is 410 g/mol. The van der Waals surface area contributed by atoms with E-state index in [0.717, 1.165) is 11.1 Å². The number of carbonyl (C=O) groups is 3. The van der Waals surface area contributed by atoms with E-state index < -0.39 is 24.1 Å². The number of hydrogen-bond donors (Lipinski definition) is 1. The molecule has 0 saturated carbocycles. The van der Waals surface area contributed by atoms with Gasteiger partial charge in [-0.15, -0.1) is 0 Å². The van der Waals surface area contributed by atoms with Crippen molar-refractivity contribution in [3.8, 4) is 0 Å². The Labute approximate surface area is 175 Å². The molecule has 0 radical (unpaired) electrons. The molecule has 1 aliphatic rings. The van der Waals surface area contributed by atoms with E-state index in [4.69, 9.17) is 4.74 Å². The molecule has 0 spiro atoms. The number of likely N-dealkylation sites (tertiary alicyclic amines) is 1. The highest BCUT2D eigenvalue weighted by molar-refractivity contribution is 5.89. The maximum absolute atomic E-state index is 13.1. The van der Waals surface area contributed by atoms with Crippen molar-refractivity contribution in [2.24, 2.45) is 0 Å². The van der Waals surface area contributed by atoms with Crippen LogP contribution < -0.4 is 0 Å². The van der Waals surface area contributed by atoms with Crippen LogP contribution in [0.15, 0.2) is 60.7 Å². The topological polar surface area (TPSA) is 87.2 Å². The summed E-state index contributed by atoms with van der Waals surface area (Å²) in [5, 5.41) is 9.68. The summed E-state index contributed by atoms with van der Waals surface area (Å²) in [6, 6.07) is 16.8. The molecule has 1 N–H and O–H groups in total. The molecule has 0 aliphatic carbocycles. The van der Waals surface area contributed by atoms with Gasteiger partial charge in [0.1, 0.15) is 18.7 Å². The van der Waals surface area contributed by atoms with Gasteiger partial charge in [0, 0.05) is 20.0 Å². The number of carbonyl (C=O) groups excluding carboxylic acids is 2. The van der Waals surface area contributed by atoms with Crippen LogP contribution in [-0.2, 0) is 27.4 Å². The van der Waals surface area contributed by atoms with Crippen molar-refractivity contribution >= 4 is 18.0 Å². The van der Waals surface area contributed by atoms with E-state index in [2.05, 4.69) is 0 Å². The van der Waals surface area contributed by atoms with Crippen LogP contribution in [0.25, 0.3) is 0 Å². The Kier molecular flexibility index (Phi) is 7.06. The highest BCUT2D eigenvalue weighted by atomic mass is 16.6. The molecule has 0 bridgehead atoms. The van der Waals surface area contributed by atoms with Crippen molar-refractivity contribution in [3.05, 3.63) is 71.8 Å². The van der Waals surface area contributed by atoms with E-state index in [1.165, 1.54) is 16.8 Å². The number of carboxylic acids is 1. The molecule has 3 rings (SSSR count). The number of benzene rings is 2. The van der Waals surface area contributed by atoms with Crippen molar-refractivity contribution in [1.29, 1.82) is 0 Å². The van der Waals surface area contributed by atoms with Crippen molar-refractivity contribution in [2.45, 2.75) is 38.0 Å². The maximum Gasteiger partial charge on any atom is 0.410 e. The molecule has 2 atom stereocenters. The minimum Gasteiger partial charge on any atom is -0.480 e. The van der Waals surface area contributed by atoms with Crippen LogP contribution in [0, 0.1) is 0 Å². The molecule has 0 unspecified atom stereocenters. The molecule has 7 heteroatoms. The zero-order chi connectivity index (χ0) is 21.5.